The minimum Gasteiger partial charge on any atom is -0.492 e. The number of benzene rings is 2. The van der Waals surface area contributed by atoms with Crippen LogP contribution in [0, 0.1) is 0 Å². The van der Waals surface area contributed by atoms with Gasteiger partial charge in [-0.1, -0.05) is 51.1 Å². The van der Waals surface area contributed by atoms with Gasteiger partial charge in [0.05, 0.1) is 12.3 Å². The molecule has 0 saturated carbocycles. The molecule has 0 aliphatic carbocycles. The Morgan fingerprint density at radius 2 is 1.59 bits per heavy atom. The van der Waals surface area contributed by atoms with Gasteiger partial charge in [-0.25, -0.2) is 4.98 Å². The maximum atomic E-state index is 5.67. The number of rotatable bonds is 6. The van der Waals surface area contributed by atoms with Crippen LogP contribution in [0.5, 0.6) is 5.75 Å². The van der Waals surface area contributed by atoms with Crippen LogP contribution in [0.1, 0.15) is 33.3 Å². The number of nitrogens with one attached hydrogen (secondary N) is 2. The van der Waals surface area contributed by atoms with Crippen molar-refractivity contribution in [2.75, 3.05) is 17.2 Å². The minimum atomic E-state index is 0.0237. The fourth-order valence-corrected chi connectivity index (χ4v) is 2.84. The molecule has 0 spiro atoms. The second-order valence-corrected chi connectivity index (χ2v) is 7.24. The zero-order chi connectivity index (χ0) is 19.3. The van der Waals surface area contributed by atoms with E-state index in [-0.39, 0.29) is 5.41 Å². The quantitative estimate of drug-likeness (QED) is 0.592. The standard InChI is InChI=1S/C22H26N4O/c1-5-27-19-13-9-8-12-18(19)24-20-14-15-23-21(26-20)25-17-11-7-6-10-16(17)22(2,3)4/h6-15H,5H2,1-4H3,(H2,23,24,25,26). The van der Waals surface area contributed by atoms with Crippen molar-refractivity contribution < 1.29 is 4.74 Å². The summed E-state index contributed by atoms with van der Waals surface area (Å²) in [5.74, 6) is 2.05. The van der Waals surface area contributed by atoms with Crippen LogP contribution >= 0.6 is 0 Å². The topological polar surface area (TPSA) is 59.1 Å². The van der Waals surface area contributed by atoms with E-state index in [2.05, 4.69) is 59.6 Å². The first-order valence-corrected chi connectivity index (χ1v) is 9.16. The van der Waals surface area contributed by atoms with Crippen LogP contribution in [0.2, 0.25) is 0 Å². The van der Waals surface area contributed by atoms with E-state index in [1.54, 1.807) is 6.20 Å². The maximum absolute atomic E-state index is 5.67. The molecule has 2 aromatic carbocycles. The Bertz CT molecular complexity index is 903. The first kappa shape index (κ1) is 18.7. The predicted octanol–water partition coefficient (Wildman–Crippen LogP) is 5.66. The van der Waals surface area contributed by atoms with Crippen LogP contribution in [0.4, 0.5) is 23.1 Å². The molecule has 0 aliphatic rings. The highest BCUT2D eigenvalue weighted by atomic mass is 16.5. The van der Waals surface area contributed by atoms with Gasteiger partial charge in [-0.05, 0) is 42.2 Å². The lowest BCUT2D eigenvalue weighted by atomic mass is 9.86. The molecule has 0 bridgehead atoms. The summed E-state index contributed by atoms with van der Waals surface area (Å²) in [6, 6.07) is 17.9. The SMILES string of the molecule is CCOc1ccccc1Nc1ccnc(Nc2ccccc2C(C)(C)C)n1. The molecule has 140 valence electrons. The summed E-state index contributed by atoms with van der Waals surface area (Å²) in [5.41, 5.74) is 3.13. The van der Waals surface area contributed by atoms with E-state index in [1.165, 1.54) is 5.56 Å². The van der Waals surface area contributed by atoms with Gasteiger partial charge in [0.1, 0.15) is 11.6 Å². The molecular weight excluding hydrogens is 336 g/mol. The molecule has 0 aliphatic heterocycles. The summed E-state index contributed by atoms with van der Waals surface area (Å²) >= 11 is 0. The van der Waals surface area contributed by atoms with Crippen LogP contribution in [0.3, 0.4) is 0 Å². The Morgan fingerprint density at radius 1 is 0.889 bits per heavy atom. The van der Waals surface area contributed by atoms with E-state index < -0.39 is 0 Å². The second-order valence-electron chi connectivity index (χ2n) is 7.24. The van der Waals surface area contributed by atoms with Crippen molar-refractivity contribution in [3.63, 3.8) is 0 Å². The average Bonchev–Trinajstić information content (AvgIpc) is 2.63. The normalized spacial score (nSPS) is 11.1. The Balaban J connectivity index is 1.84. The van der Waals surface area contributed by atoms with Gasteiger partial charge < -0.3 is 15.4 Å². The maximum Gasteiger partial charge on any atom is 0.229 e. The summed E-state index contributed by atoms with van der Waals surface area (Å²) in [7, 11) is 0. The number of nitrogens with zero attached hydrogens (tertiary/aromatic N) is 2. The summed E-state index contributed by atoms with van der Waals surface area (Å²) < 4.78 is 5.67. The number of hydrogen-bond donors (Lipinski definition) is 2. The molecule has 0 radical (unpaired) electrons. The van der Waals surface area contributed by atoms with Crippen molar-refractivity contribution in [1.29, 1.82) is 0 Å². The molecule has 0 amide bonds. The zero-order valence-electron chi connectivity index (χ0n) is 16.3. The zero-order valence-corrected chi connectivity index (χ0v) is 16.3. The Labute approximate surface area is 160 Å². The molecule has 5 nitrogen and oxygen atoms in total. The van der Waals surface area contributed by atoms with Crippen molar-refractivity contribution in [1.82, 2.24) is 9.97 Å². The van der Waals surface area contributed by atoms with E-state index in [4.69, 9.17) is 4.74 Å². The van der Waals surface area contributed by atoms with Crippen molar-refractivity contribution in [3.05, 3.63) is 66.4 Å². The lowest BCUT2D eigenvalue weighted by Crippen LogP contribution is -2.14. The summed E-state index contributed by atoms with van der Waals surface area (Å²) in [6.07, 6.45) is 1.74. The number of para-hydroxylation sites is 3. The van der Waals surface area contributed by atoms with Crippen molar-refractivity contribution in [2.45, 2.75) is 33.1 Å². The Morgan fingerprint density at radius 3 is 2.33 bits per heavy atom. The van der Waals surface area contributed by atoms with Gasteiger partial charge >= 0.3 is 0 Å². The highest BCUT2D eigenvalue weighted by molar-refractivity contribution is 5.66. The van der Waals surface area contributed by atoms with Gasteiger partial charge in [-0.15, -0.1) is 0 Å². The van der Waals surface area contributed by atoms with Gasteiger partial charge in [0.25, 0.3) is 0 Å². The fraction of sp³-hybridized carbons (Fsp3) is 0.273. The number of anilines is 4. The molecule has 0 saturated heterocycles. The second kappa shape index (κ2) is 8.08. The third-order valence-corrected chi connectivity index (χ3v) is 4.09. The number of hydrogen-bond acceptors (Lipinski definition) is 5. The minimum absolute atomic E-state index is 0.0237. The molecule has 1 aromatic heterocycles. The number of aromatic nitrogens is 2. The average molecular weight is 362 g/mol. The Hall–Kier alpha value is -3.08. The fourth-order valence-electron chi connectivity index (χ4n) is 2.84. The first-order chi connectivity index (χ1) is 13.0. The summed E-state index contributed by atoms with van der Waals surface area (Å²) in [6.45, 7) is 9.15. The van der Waals surface area contributed by atoms with Crippen LogP contribution in [-0.2, 0) is 5.41 Å². The molecule has 27 heavy (non-hydrogen) atoms. The Kier molecular flexibility index (Phi) is 5.60. The predicted molar refractivity (Wildman–Crippen MR) is 111 cm³/mol. The molecule has 3 rings (SSSR count). The van der Waals surface area contributed by atoms with Crippen molar-refractivity contribution >= 4 is 23.1 Å². The van der Waals surface area contributed by atoms with Gasteiger partial charge in [-0.3, -0.25) is 0 Å². The molecule has 3 aromatic rings. The van der Waals surface area contributed by atoms with E-state index in [1.807, 2.05) is 43.3 Å². The van der Waals surface area contributed by atoms with Gasteiger partial charge in [0, 0.05) is 11.9 Å². The molecule has 0 atom stereocenters. The van der Waals surface area contributed by atoms with E-state index >= 15 is 0 Å². The van der Waals surface area contributed by atoms with Crippen molar-refractivity contribution in [3.8, 4) is 5.75 Å². The molecule has 0 fully saturated rings. The molecule has 0 unspecified atom stereocenters. The molecular formula is C22H26N4O. The monoisotopic (exact) mass is 362 g/mol. The molecule has 1 heterocycles. The van der Waals surface area contributed by atoms with Gasteiger partial charge in [-0.2, -0.15) is 4.98 Å². The summed E-state index contributed by atoms with van der Waals surface area (Å²) in [5, 5.41) is 6.66. The third-order valence-electron chi connectivity index (χ3n) is 4.09. The van der Waals surface area contributed by atoms with Crippen LogP contribution in [0.15, 0.2) is 60.8 Å². The summed E-state index contributed by atoms with van der Waals surface area (Å²) in [4.78, 5) is 8.96. The van der Waals surface area contributed by atoms with Gasteiger partial charge in [0.15, 0.2) is 0 Å². The third kappa shape index (κ3) is 4.76. The van der Waals surface area contributed by atoms with Crippen LogP contribution < -0.4 is 15.4 Å². The molecule has 5 heteroatoms. The highest BCUT2D eigenvalue weighted by Gasteiger charge is 2.18. The van der Waals surface area contributed by atoms with Crippen molar-refractivity contribution in [2.24, 2.45) is 0 Å². The smallest absolute Gasteiger partial charge is 0.229 e. The highest BCUT2D eigenvalue weighted by Crippen LogP contribution is 2.31. The largest absolute Gasteiger partial charge is 0.492 e. The van der Waals surface area contributed by atoms with Crippen LogP contribution in [-0.4, -0.2) is 16.6 Å². The van der Waals surface area contributed by atoms with E-state index in [9.17, 15) is 0 Å². The van der Waals surface area contributed by atoms with E-state index in [0.29, 0.717) is 18.4 Å². The van der Waals surface area contributed by atoms with E-state index in [0.717, 1.165) is 17.1 Å². The molecule has 2 N–H and O–H groups in total. The van der Waals surface area contributed by atoms with Gasteiger partial charge in [0.2, 0.25) is 5.95 Å². The lowest BCUT2D eigenvalue weighted by Gasteiger charge is -2.23. The first-order valence-electron chi connectivity index (χ1n) is 9.16. The number of ether oxygens (including phenoxy) is 1. The van der Waals surface area contributed by atoms with Crippen LogP contribution in [0.25, 0.3) is 0 Å². The lowest BCUT2D eigenvalue weighted by molar-refractivity contribution is 0.342.